The first-order valence-corrected chi connectivity index (χ1v) is 9.34. The van der Waals surface area contributed by atoms with E-state index in [9.17, 15) is 13.2 Å². The van der Waals surface area contributed by atoms with E-state index in [4.69, 9.17) is 4.74 Å². The number of carbonyl (C=O) groups excluding carboxylic acids is 1. The van der Waals surface area contributed by atoms with Crippen LogP contribution in [0.2, 0.25) is 0 Å². The number of sulfonamides is 1. The predicted octanol–water partition coefficient (Wildman–Crippen LogP) is 1.74. The fourth-order valence-corrected chi connectivity index (χ4v) is 4.13. The number of carbonyl (C=O) groups is 1. The largest absolute Gasteiger partial charge is 0.376 e. The van der Waals surface area contributed by atoms with E-state index < -0.39 is 10.0 Å². The van der Waals surface area contributed by atoms with E-state index in [1.54, 1.807) is 30.5 Å². The number of nitrogens with zero attached hydrogens (tertiary/aromatic N) is 2. The number of nitrogens with one attached hydrogen (secondary N) is 1. The first-order chi connectivity index (χ1) is 12.0. The summed E-state index contributed by atoms with van der Waals surface area (Å²) in [7, 11) is -3.63. The molecule has 1 atom stereocenters. The molecule has 1 amide bonds. The van der Waals surface area contributed by atoms with Crippen LogP contribution in [0.4, 0.5) is 5.69 Å². The summed E-state index contributed by atoms with van der Waals surface area (Å²) in [5.41, 5.74) is 0.814. The van der Waals surface area contributed by atoms with Crippen molar-refractivity contribution in [1.29, 1.82) is 0 Å². The molecule has 1 aliphatic rings. The molecule has 1 saturated heterocycles. The molecule has 1 aromatic carbocycles. The fraction of sp³-hybridized carbons (Fsp3) is 0.294. The van der Waals surface area contributed by atoms with Gasteiger partial charge in [0.1, 0.15) is 0 Å². The van der Waals surface area contributed by atoms with E-state index >= 15 is 0 Å². The van der Waals surface area contributed by atoms with Crippen molar-refractivity contribution in [2.45, 2.75) is 17.9 Å². The van der Waals surface area contributed by atoms with Gasteiger partial charge in [-0.15, -0.1) is 0 Å². The average molecular weight is 361 g/mol. The summed E-state index contributed by atoms with van der Waals surface area (Å²) in [6, 6.07) is 9.54. The van der Waals surface area contributed by atoms with Gasteiger partial charge in [-0.3, -0.25) is 9.78 Å². The van der Waals surface area contributed by atoms with Crippen LogP contribution >= 0.6 is 0 Å². The molecule has 1 fully saturated rings. The maximum absolute atomic E-state index is 12.8. The summed E-state index contributed by atoms with van der Waals surface area (Å²) in [5.74, 6) is -0.345. The predicted molar refractivity (Wildman–Crippen MR) is 92.8 cm³/mol. The third-order valence-corrected chi connectivity index (χ3v) is 5.72. The van der Waals surface area contributed by atoms with Crippen LogP contribution in [-0.4, -0.2) is 49.4 Å². The van der Waals surface area contributed by atoms with E-state index in [0.29, 0.717) is 30.9 Å². The molecule has 3 rings (SSSR count). The van der Waals surface area contributed by atoms with Crippen LogP contribution in [0.5, 0.6) is 0 Å². The second kappa shape index (κ2) is 7.30. The van der Waals surface area contributed by atoms with Crippen LogP contribution in [0.25, 0.3) is 0 Å². The molecule has 1 aliphatic heterocycles. The molecular formula is C17H19N3O4S. The highest BCUT2D eigenvalue weighted by Crippen LogP contribution is 2.22. The average Bonchev–Trinajstić information content (AvgIpc) is 2.62. The number of hydrogen-bond donors (Lipinski definition) is 1. The van der Waals surface area contributed by atoms with Gasteiger partial charge in [0.2, 0.25) is 10.0 Å². The van der Waals surface area contributed by atoms with Gasteiger partial charge >= 0.3 is 0 Å². The Labute approximate surface area is 146 Å². The maximum Gasteiger partial charge on any atom is 0.257 e. The number of anilines is 1. The van der Waals surface area contributed by atoms with Crippen molar-refractivity contribution in [3.05, 3.63) is 54.4 Å². The molecule has 132 valence electrons. The SMILES string of the molecule is CC1CN(S(=O)(=O)c2cccc(NC(=O)c3cccnc3)c2)CCO1. The van der Waals surface area contributed by atoms with Gasteiger partial charge in [-0.2, -0.15) is 4.31 Å². The lowest BCUT2D eigenvalue weighted by Crippen LogP contribution is -2.44. The molecule has 1 unspecified atom stereocenters. The molecule has 2 aromatic rings. The molecule has 0 spiro atoms. The van der Waals surface area contributed by atoms with Gasteiger partial charge in [-0.1, -0.05) is 6.07 Å². The van der Waals surface area contributed by atoms with Crippen LogP contribution in [0.1, 0.15) is 17.3 Å². The zero-order valence-corrected chi connectivity index (χ0v) is 14.6. The second-order valence-electron chi connectivity index (χ2n) is 5.77. The molecule has 2 heterocycles. The number of benzene rings is 1. The van der Waals surface area contributed by atoms with E-state index in [-0.39, 0.29) is 16.9 Å². The van der Waals surface area contributed by atoms with Crippen molar-refractivity contribution in [1.82, 2.24) is 9.29 Å². The number of amides is 1. The lowest BCUT2D eigenvalue weighted by atomic mass is 10.2. The number of hydrogen-bond acceptors (Lipinski definition) is 5. The van der Waals surface area contributed by atoms with Crippen molar-refractivity contribution in [2.75, 3.05) is 25.0 Å². The first kappa shape index (κ1) is 17.5. The Kier molecular flexibility index (Phi) is 5.12. The molecule has 0 bridgehead atoms. The van der Waals surface area contributed by atoms with Gasteiger partial charge in [0, 0.05) is 31.2 Å². The molecule has 7 nitrogen and oxygen atoms in total. The molecule has 0 aliphatic carbocycles. The minimum absolute atomic E-state index is 0.142. The molecule has 0 saturated carbocycles. The number of morpholine rings is 1. The Balaban J connectivity index is 1.80. The van der Waals surface area contributed by atoms with Gasteiger partial charge < -0.3 is 10.1 Å². The molecule has 25 heavy (non-hydrogen) atoms. The van der Waals surface area contributed by atoms with E-state index in [1.807, 2.05) is 6.92 Å². The van der Waals surface area contributed by atoms with Gasteiger partial charge in [0.15, 0.2) is 0 Å². The van der Waals surface area contributed by atoms with Crippen LogP contribution in [-0.2, 0) is 14.8 Å². The number of ether oxygens (including phenoxy) is 1. The number of aromatic nitrogens is 1. The van der Waals surface area contributed by atoms with Crippen molar-refractivity contribution in [2.24, 2.45) is 0 Å². The topological polar surface area (TPSA) is 88.6 Å². The Hall–Kier alpha value is -2.29. The smallest absolute Gasteiger partial charge is 0.257 e. The standard InChI is InChI=1S/C17H19N3O4S/c1-13-12-20(8-9-24-13)25(22,23)16-6-2-5-15(10-16)19-17(21)14-4-3-7-18-11-14/h2-7,10-11,13H,8-9,12H2,1H3,(H,19,21). The fourth-order valence-electron chi connectivity index (χ4n) is 2.59. The highest BCUT2D eigenvalue weighted by molar-refractivity contribution is 7.89. The minimum atomic E-state index is -3.63. The third kappa shape index (κ3) is 4.04. The Bertz CT molecular complexity index is 855. The van der Waals surface area contributed by atoms with Gasteiger partial charge in [0.25, 0.3) is 5.91 Å². The monoisotopic (exact) mass is 361 g/mol. The Morgan fingerprint density at radius 2 is 2.16 bits per heavy atom. The Morgan fingerprint density at radius 1 is 1.32 bits per heavy atom. The van der Waals surface area contributed by atoms with E-state index in [1.165, 1.54) is 22.6 Å². The maximum atomic E-state index is 12.8. The van der Waals surface area contributed by atoms with Crippen molar-refractivity contribution < 1.29 is 17.9 Å². The summed E-state index contributed by atoms with van der Waals surface area (Å²) >= 11 is 0. The van der Waals surface area contributed by atoms with Crippen LogP contribution in [0.3, 0.4) is 0 Å². The minimum Gasteiger partial charge on any atom is -0.376 e. The summed E-state index contributed by atoms with van der Waals surface area (Å²) < 4.78 is 32.4. The van der Waals surface area contributed by atoms with Crippen molar-refractivity contribution >= 4 is 21.6 Å². The normalized spacial score (nSPS) is 18.7. The summed E-state index contributed by atoms with van der Waals surface area (Å²) in [4.78, 5) is 16.2. The summed E-state index contributed by atoms with van der Waals surface area (Å²) in [6.45, 7) is 2.84. The molecule has 1 N–H and O–H groups in total. The zero-order valence-electron chi connectivity index (χ0n) is 13.8. The molecule has 1 aromatic heterocycles. The van der Waals surface area contributed by atoms with Gasteiger partial charge in [0.05, 0.1) is 23.2 Å². The van der Waals surface area contributed by atoms with Crippen molar-refractivity contribution in [3.8, 4) is 0 Å². The van der Waals surface area contributed by atoms with Crippen LogP contribution < -0.4 is 5.32 Å². The van der Waals surface area contributed by atoms with Gasteiger partial charge in [-0.05, 0) is 37.3 Å². The first-order valence-electron chi connectivity index (χ1n) is 7.90. The Morgan fingerprint density at radius 3 is 2.88 bits per heavy atom. The third-order valence-electron chi connectivity index (χ3n) is 3.86. The highest BCUT2D eigenvalue weighted by atomic mass is 32.2. The summed E-state index contributed by atoms with van der Waals surface area (Å²) in [6.07, 6.45) is 2.88. The quantitative estimate of drug-likeness (QED) is 0.896. The molecular weight excluding hydrogens is 342 g/mol. The second-order valence-corrected chi connectivity index (χ2v) is 7.71. The van der Waals surface area contributed by atoms with Crippen LogP contribution in [0.15, 0.2) is 53.7 Å². The molecule has 8 heteroatoms. The van der Waals surface area contributed by atoms with Gasteiger partial charge in [-0.25, -0.2) is 8.42 Å². The van der Waals surface area contributed by atoms with E-state index in [2.05, 4.69) is 10.3 Å². The number of rotatable bonds is 4. The lowest BCUT2D eigenvalue weighted by Gasteiger charge is -2.30. The van der Waals surface area contributed by atoms with E-state index in [0.717, 1.165) is 0 Å². The molecule has 0 radical (unpaired) electrons. The van der Waals surface area contributed by atoms with Crippen molar-refractivity contribution in [3.63, 3.8) is 0 Å². The summed E-state index contributed by atoms with van der Waals surface area (Å²) in [5, 5.41) is 2.70. The van der Waals surface area contributed by atoms with Crippen LogP contribution in [0, 0.1) is 0 Å². The zero-order chi connectivity index (χ0) is 17.9. The lowest BCUT2D eigenvalue weighted by molar-refractivity contribution is 0.0102. The highest BCUT2D eigenvalue weighted by Gasteiger charge is 2.29. The number of pyridine rings is 1.